The molecule has 0 unspecified atom stereocenters. The van der Waals surface area contributed by atoms with Gasteiger partial charge in [0.25, 0.3) is 5.24 Å². The summed E-state index contributed by atoms with van der Waals surface area (Å²) >= 11 is 1.09. The van der Waals surface area contributed by atoms with Gasteiger partial charge in [-0.05, 0) is 49.2 Å². The van der Waals surface area contributed by atoms with Crippen LogP contribution in [-0.4, -0.2) is 29.2 Å². The second-order valence-corrected chi connectivity index (χ2v) is 6.90. The summed E-state index contributed by atoms with van der Waals surface area (Å²) in [6.07, 6.45) is 0. The first-order valence-corrected chi connectivity index (χ1v) is 9.71. The van der Waals surface area contributed by atoms with Crippen LogP contribution in [-0.2, 0) is 0 Å². The minimum atomic E-state index is -0.441. The molecule has 0 aliphatic heterocycles. The molecular formula is C22H21NO3S. The topological polar surface area (TPSA) is 46.6 Å². The molecule has 0 saturated heterocycles. The van der Waals surface area contributed by atoms with Gasteiger partial charge in [0.2, 0.25) is 0 Å². The molecule has 0 spiro atoms. The Balaban J connectivity index is 2.00. The number of carbonyl (C=O) groups excluding carboxylic acids is 2. The maximum absolute atomic E-state index is 12.6. The van der Waals surface area contributed by atoms with Crippen LogP contribution in [0.2, 0.25) is 0 Å². The smallest absolute Gasteiger partial charge is 0.343 e. The van der Waals surface area contributed by atoms with Crippen LogP contribution in [0.3, 0.4) is 0 Å². The molecule has 0 aliphatic carbocycles. The zero-order valence-corrected chi connectivity index (χ0v) is 16.2. The highest BCUT2D eigenvalue weighted by molar-refractivity contribution is 8.13. The molecule has 5 heteroatoms. The van der Waals surface area contributed by atoms with Crippen LogP contribution < -0.4 is 4.74 Å². The summed E-state index contributed by atoms with van der Waals surface area (Å²) < 4.78 is 5.76. The van der Waals surface area contributed by atoms with Gasteiger partial charge in [0.15, 0.2) is 5.75 Å². The van der Waals surface area contributed by atoms with Gasteiger partial charge in [-0.15, -0.1) is 0 Å². The third-order valence-corrected chi connectivity index (χ3v) is 5.24. The average molecular weight is 379 g/mol. The van der Waals surface area contributed by atoms with Crippen LogP contribution in [0, 0.1) is 0 Å². The summed E-state index contributed by atoms with van der Waals surface area (Å²) in [5.74, 6) is -0.0171. The van der Waals surface area contributed by atoms with Gasteiger partial charge < -0.3 is 9.64 Å². The van der Waals surface area contributed by atoms with E-state index in [1.165, 1.54) is 0 Å². The fourth-order valence-electron chi connectivity index (χ4n) is 2.77. The van der Waals surface area contributed by atoms with Crippen LogP contribution in [0.25, 0.3) is 10.8 Å². The van der Waals surface area contributed by atoms with Crippen molar-refractivity contribution in [2.24, 2.45) is 0 Å². The number of esters is 1. The summed E-state index contributed by atoms with van der Waals surface area (Å²) in [5.41, 5.74) is 0.469. The second kappa shape index (κ2) is 8.73. The predicted octanol–water partition coefficient (Wildman–Crippen LogP) is 5.61. The highest BCUT2D eigenvalue weighted by Gasteiger charge is 2.19. The molecule has 0 saturated carbocycles. The van der Waals surface area contributed by atoms with Crippen molar-refractivity contribution in [1.82, 2.24) is 4.90 Å². The Morgan fingerprint density at radius 1 is 0.889 bits per heavy atom. The molecular weight excluding hydrogens is 358 g/mol. The standard InChI is InChI=1S/C22H21NO3S/c1-3-23(4-2)22(25)27-19-15-14-16-10-8-9-13-18(16)20(19)26-21(24)17-11-6-5-7-12-17/h5-15H,3-4H2,1-2H3. The molecule has 0 heterocycles. The van der Waals surface area contributed by atoms with Crippen molar-refractivity contribution in [1.29, 1.82) is 0 Å². The van der Waals surface area contributed by atoms with Gasteiger partial charge in [-0.2, -0.15) is 0 Å². The van der Waals surface area contributed by atoms with Crippen LogP contribution >= 0.6 is 11.8 Å². The first-order valence-electron chi connectivity index (χ1n) is 8.89. The molecule has 0 atom stereocenters. The highest BCUT2D eigenvalue weighted by atomic mass is 32.2. The zero-order valence-electron chi connectivity index (χ0n) is 15.3. The summed E-state index contributed by atoms with van der Waals surface area (Å²) in [5, 5.41) is 1.69. The molecule has 0 radical (unpaired) electrons. The third-order valence-electron chi connectivity index (χ3n) is 4.27. The maximum Gasteiger partial charge on any atom is 0.343 e. The van der Waals surface area contributed by atoms with Crippen LogP contribution in [0.4, 0.5) is 4.79 Å². The largest absolute Gasteiger partial charge is 0.421 e. The number of nitrogens with zero attached hydrogens (tertiary/aromatic N) is 1. The predicted molar refractivity (Wildman–Crippen MR) is 110 cm³/mol. The van der Waals surface area contributed by atoms with E-state index in [2.05, 4.69) is 0 Å². The van der Waals surface area contributed by atoms with E-state index in [-0.39, 0.29) is 5.24 Å². The number of ether oxygens (including phenoxy) is 1. The van der Waals surface area contributed by atoms with Gasteiger partial charge in [0.05, 0.1) is 10.5 Å². The highest BCUT2D eigenvalue weighted by Crippen LogP contribution is 2.38. The molecule has 4 nitrogen and oxygen atoms in total. The molecule has 0 bridgehead atoms. The van der Waals surface area contributed by atoms with Gasteiger partial charge in [-0.1, -0.05) is 48.5 Å². The van der Waals surface area contributed by atoms with Crippen molar-refractivity contribution in [3.63, 3.8) is 0 Å². The van der Waals surface area contributed by atoms with Crippen LogP contribution in [0.1, 0.15) is 24.2 Å². The van der Waals surface area contributed by atoms with Crippen molar-refractivity contribution in [2.75, 3.05) is 13.1 Å². The number of rotatable bonds is 5. The lowest BCUT2D eigenvalue weighted by Crippen LogP contribution is -2.26. The maximum atomic E-state index is 12.6. The molecule has 0 aromatic heterocycles. The summed E-state index contributed by atoms with van der Waals surface area (Å²) in [7, 11) is 0. The molecule has 0 aliphatic rings. The molecule has 1 amide bonds. The Morgan fingerprint density at radius 3 is 2.26 bits per heavy atom. The number of hydrogen-bond acceptors (Lipinski definition) is 4. The van der Waals surface area contributed by atoms with Gasteiger partial charge in [-0.25, -0.2) is 4.79 Å². The molecule has 0 N–H and O–H groups in total. The summed E-state index contributed by atoms with van der Waals surface area (Å²) in [4.78, 5) is 27.6. The number of thioether (sulfide) groups is 1. The molecule has 3 rings (SSSR count). The van der Waals surface area contributed by atoms with E-state index in [0.717, 1.165) is 22.5 Å². The number of benzene rings is 3. The monoisotopic (exact) mass is 379 g/mol. The fraction of sp³-hybridized carbons (Fsp3) is 0.182. The Labute approximate surface area is 163 Å². The van der Waals surface area contributed by atoms with E-state index >= 15 is 0 Å². The minimum absolute atomic E-state index is 0.0627. The molecule has 27 heavy (non-hydrogen) atoms. The lowest BCUT2D eigenvalue weighted by Gasteiger charge is -2.19. The Kier molecular flexibility index (Phi) is 6.14. The summed E-state index contributed by atoms with van der Waals surface area (Å²) in [6, 6.07) is 20.3. The first kappa shape index (κ1) is 19.0. The summed E-state index contributed by atoms with van der Waals surface area (Å²) in [6.45, 7) is 5.15. The van der Waals surface area contributed by atoms with Crippen molar-refractivity contribution in [2.45, 2.75) is 18.7 Å². The fourth-order valence-corrected chi connectivity index (χ4v) is 3.73. The molecule has 0 fully saturated rings. The van der Waals surface area contributed by atoms with Gasteiger partial charge in [0.1, 0.15) is 0 Å². The SMILES string of the molecule is CCN(CC)C(=O)Sc1ccc2ccccc2c1OC(=O)c1ccccc1. The normalized spacial score (nSPS) is 10.6. The van der Waals surface area contributed by atoms with E-state index < -0.39 is 5.97 Å². The van der Waals surface area contributed by atoms with Gasteiger partial charge in [0, 0.05) is 18.5 Å². The molecule has 3 aromatic carbocycles. The minimum Gasteiger partial charge on any atom is -0.421 e. The first-order chi connectivity index (χ1) is 13.1. The van der Waals surface area contributed by atoms with E-state index in [4.69, 9.17) is 4.74 Å². The van der Waals surface area contributed by atoms with E-state index in [1.807, 2.05) is 56.3 Å². The van der Waals surface area contributed by atoms with E-state index in [0.29, 0.717) is 29.3 Å². The molecule has 138 valence electrons. The number of hydrogen-bond donors (Lipinski definition) is 0. The number of amides is 1. The van der Waals surface area contributed by atoms with Gasteiger partial charge >= 0.3 is 5.97 Å². The van der Waals surface area contributed by atoms with Crippen LogP contribution in [0.5, 0.6) is 5.75 Å². The molecule has 3 aromatic rings. The Morgan fingerprint density at radius 2 is 1.56 bits per heavy atom. The van der Waals surface area contributed by atoms with Crippen molar-refractivity contribution >= 4 is 33.7 Å². The lowest BCUT2D eigenvalue weighted by atomic mass is 10.1. The second-order valence-electron chi connectivity index (χ2n) is 5.91. The quantitative estimate of drug-likeness (QED) is 0.328. The number of fused-ring (bicyclic) bond motifs is 1. The third kappa shape index (κ3) is 4.31. The zero-order chi connectivity index (χ0) is 19.2. The van der Waals surface area contributed by atoms with E-state index in [1.54, 1.807) is 29.2 Å². The lowest BCUT2D eigenvalue weighted by molar-refractivity contribution is 0.0733. The Hall–Kier alpha value is -2.79. The van der Waals surface area contributed by atoms with Crippen molar-refractivity contribution in [3.05, 3.63) is 72.3 Å². The van der Waals surface area contributed by atoms with Crippen molar-refractivity contribution in [3.8, 4) is 5.75 Å². The van der Waals surface area contributed by atoms with Crippen LogP contribution in [0.15, 0.2) is 71.6 Å². The van der Waals surface area contributed by atoms with Crippen molar-refractivity contribution < 1.29 is 14.3 Å². The average Bonchev–Trinajstić information content (AvgIpc) is 2.71. The van der Waals surface area contributed by atoms with Gasteiger partial charge in [-0.3, -0.25) is 4.79 Å². The number of carbonyl (C=O) groups is 2. The van der Waals surface area contributed by atoms with E-state index in [9.17, 15) is 9.59 Å². The Bertz CT molecular complexity index is 952.